The van der Waals surface area contributed by atoms with Crippen LogP contribution in [-0.2, 0) is 14.6 Å². The summed E-state index contributed by atoms with van der Waals surface area (Å²) in [5.74, 6) is -1.50. The molecule has 0 amide bonds. The molecule has 22 heavy (non-hydrogen) atoms. The molecule has 0 saturated heterocycles. The fourth-order valence-corrected chi connectivity index (χ4v) is 2.34. The number of esters is 1. The fraction of sp³-hybridized carbons (Fsp3) is 0.154. The Morgan fingerprint density at radius 2 is 1.86 bits per heavy atom. The van der Waals surface area contributed by atoms with Gasteiger partial charge in [0.15, 0.2) is 15.6 Å². The zero-order valence-electron chi connectivity index (χ0n) is 11.7. The highest BCUT2D eigenvalue weighted by Gasteiger charge is 2.17. The van der Waals surface area contributed by atoms with Gasteiger partial charge in [-0.1, -0.05) is 0 Å². The van der Waals surface area contributed by atoms with Crippen LogP contribution in [0.2, 0.25) is 0 Å². The molecule has 2 aromatic rings. The number of aromatic hydroxyl groups is 1. The smallest absolute Gasteiger partial charge is 0.362 e. The van der Waals surface area contributed by atoms with Crippen LogP contribution in [0.15, 0.2) is 40.0 Å². The number of hydrogen-bond donors (Lipinski definition) is 1. The van der Waals surface area contributed by atoms with Crippen molar-refractivity contribution in [3.8, 4) is 11.4 Å². The van der Waals surface area contributed by atoms with Crippen molar-refractivity contribution in [2.24, 2.45) is 0 Å². The second-order valence-electron chi connectivity index (χ2n) is 4.39. The van der Waals surface area contributed by atoms with Gasteiger partial charge in [0, 0.05) is 12.3 Å². The van der Waals surface area contributed by atoms with Gasteiger partial charge in [-0.2, -0.15) is 9.78 Å². The standard InChI is InChI=1S/C13H12N2O6S/c1-21-13(18)12-10(16)7-11(17)15(14-12)8-3-5-9(6-4-8)22(2,19)20/h3-7,16H,1-2H3. The topological polar surface area (TPSA) is 116 Å². The zero-order chi connectivity index (χ0) is 16.5. The average molecular weight is 324 g/mol. The maximum Gasteiger partial charge on any atom is 0.362 e. The van der Waals surface area contributed by atoms with Crippen LogP contribution in [0.5, 0.6) is 5.75 Å². The van der Waals surface area contributed by atoms with E-state index in [-0.39, 0.29) is 10.6 Å². The van der Waals surface area contributed by atoms with Gasteiger partial charge in [-0.15, -0.1) is 0 Å². The molecule has 0 atom stereocenters. The van der Waals surface area contributed by atoms with Gasteiger partial charge in [0.25, 0.3) is 5.56 Å². The maximum atomic E-state index is 11.9. The third kappa shape index (κ3) is 2.98. The Balaban J connectivity index is 2.58. The second kappa shape index (κ2) is 5.60. The molecule has 0 unspecified atom stereocenters. The van der Waals surface area contributed by atoms with Crippen LogP contribution in [0.1, 0.15) is 10.5 Å². The van der Waals surface area contributed by atoms with Crippen molar-refractivity contribution in [1.29, 1.82) is 0 Å². The molecule has 0 aliphatic carbocycles. The van der Waals surface area contributed by atoms with Crippen LogP contribution < -0.4 is 5.56 Å². The number of benzene rings is 1. The van der Waals surface area contributed by atoms with E-state index in [1.54, 1.807) is 0 Å². The van der Waals surface area contributed by atoms with Crippen molar-refractivity contribution in [3.63, 3.8) is 0 Å². The van der Waals surface area contributed by atoms with E-state index in [1.807, 2.05) is 0 Å². The molecule has 0 fully saturated rings. The number of ether oxygens (including phenoxy) is 1. The number of hydrogen-bond acceptors (Lipinski definition) is 7. The number of sulfone groups is 1. The molecule has 2 rings (SSSR count). The lowest BCUT2D eigenvalue weighted by Gasteiger charge is -2.08. The summed E-state index contributed by atoms with van der Waals surface area (Å²) in [5, 5.41) is 13.3. The molecular formula is C13H12N2O6S. The minimum absolute atomic E-state index is 0.0799. The van der Waals surface area contributed by atoms with E-state index in [0.717, 1.165) is 24.1 Å². The van der Waals surface area contributed by atoms with Crippen molar-refractivity contribution in [2.45, 2.75) is 4.90 Å². The number of nitrogens with zero attached hydrogens (tertiary/aromatic N) is 2. The lowest BCUT2D eigenvalue weighted by atomic mass is 10.3. The number of aromatic nitrogens is 2. The summed E-state index contributed by atoms with van der Waals surface area (Å²) < 4.78 is 28.1. The van der Waals surface area contributed by atoms with Crippen LogP contribution in [0.25, 0.3) is 5.69 Å². The molecule has 0 aliphatic rings. The molecule has 8 nitrogen and oxygen atoms in total. The molecule has 116 valence electrons. The molecule has 0 aliphatic heterocycles. The number of carbonyl (C=O) groups excluding carboxylic acids is 1. The van der Waals surface area contributed by atoms with Gasteiger partial charge < -0.3 is 9.84 Å². The van der Waals surface area contributed by atoms with Crippen molar-refractivity contribution in [3.05, 3.63) is 46.4 Å². The van der Waals surface area contributed by atoms with Crippen LogP contribution in [0, 0.1) is 0 Å². The Morgan fingerprint density at radius 1 is 1.27 bits per heavy atom. The predicted octanol–water partition coefficient (Wildman–Crippen LogP) is 0.128. The van der Waals surface area contributed by atoms with Gasteiger partial charge in [0.05, 0.1) is 17.7 Å². The van der Waals surface area contributed by atoms with Gasteiger partial charge >= 0.3 is 5.97 Å². The minimum Gasteiger partial charge on any atom is -0.505 e. The van der Waals surface area contributed by atoms with E-state index in [9.17, 15) is 23.1 Å². The van der Waals surface area contributed by atoms with Crippen molar-refractivity contribution < 1.29 is 23.1 Å². The molecule has 1 aromatic carbocycles. The lowest BCUT2D eigenvalue weighted by Crippen LogP contribution is -2.23. The molecule has 1 N–H and O–H groups in total. The van der Waals surface area contributed by atoms with Crippen LogP contribution in [-0.4, -0.2) is 42.6 Å². The Labute approximate surface area is 125 Å². The van der Waals surface area contributed by atoms with Gasteiger partial charge in [-0.3, -0.25) is 4.79 Å². The highest BCUT2D eigenvalue weighted by Crippen LogP contribution is 2.15. The van der Waals surface area contributed by atoms with E-state index >= 15 is 0 Å². The summed E-state index contributed by atoms with van der Waals surface area (Å²) in [5.41, 5.74) is -0.867. The van der Waals surface area contributed by atoms with Crippen molar-refractivity contribution >= 4 is 15.8 Å². The van der Waals surface area contributed by atoms with E-state index in [0.29, 0.717) is 0 Å². The zero-order valence-corrected chi connectivity index (χ0v) is 12.5. The highest BCUT2D eigenvalue weighted by atomic mass is 32.2. The molecule has 0 spiro atoms. The first kappa shape index (κ1) is 15.7. The number of rotatable bonds is 3. The quantitative estimate of drug-likeness (QED) is 0.798. The predicted molar refractivity (Wildman–Crippen MR) is 75.9 cm³/mol. The summed E-state index contributed by atoms with van der Waals surface area (Å²) in [6, 6.07) is 6.17. The van der Waals surface area contributed by atoms with E-state index in [2.05, 4.69) is 9.84 Å². The first-order valence-corrected chi connectivity index (χ1v) is 7.85. The summed E-state index contributed by atoms with van der Waals surface area (Å²) >= 11 is 0. The summed E-state index contributed by atoms with van der Waals surface area (Å²) in [6.45, 7) is 0. The average Bonchev–Trinajstić information content (AvgIpc) is 2.46. The van der Waals surface area contributed by atoms with Crippen LogP contribution >= 0.6 is 0 Å². The van der Waals surface area contributed by atoms with Crippen molar-refractivity contribution in [2.75, 3.05) is 13.4 Å². The summed E-state index contributed by atoms with van der Waals surface area (Å²) in [7, 11) is -2.26. The molecule has 1 heterocycles. The largest absolute Gasteiger partial charge is 0.505 e. The molecule has 0 saturated carbocycles. The van der Waals surface area contributed by atoms with E-state index < -0.39 is 32.8 Å². The van der Waals surface area contributed by atoms with Crippen LogP contribution in [0.3, 0.4) is 0 Å². The Kier molecular flexibility index (Phi) is 4.00. The Bertz CT molecular complexity index is 884. The first-order valence-electron chi connectivity index (χ1n) is 5.96. The molecule has 0 bridgehead atoms. The normalized spacial score (nSPS) is 11.2. The minimum atomic E-state index is -3.37. The van der Waals surface area contributed by atoms with Gasteiger partial charge in [0.1, 0.15) is 0 Å². The Hall–Kier alpha value is -2.68. The monoisotopic (exact) mass is 324 g/mol. The van der Waals surface area contributed by atoms with Crippen molar-refractivity contribution in [1.82, 2.24) is 9.78 Å². The van der Waals surface area contributed by atoms with Gasteiger partial charge in [-0.05, 0) is 24.3 Å². The van der Waals surface area contributed by atoms with E-state index in [1.165, 1.54) is 24.3 Å². The van der Waals surface area contributed by atoms with Crippen LogP contribution in [0.4, 0.5) is 0 Å². The van der Waals surface area contributed by atoms with E-state index in [4.69, 9.17) is 0 Å². The number of methoxy groups -OCH3 is 1. The van der Waals surface area contributed by atoms with Gasteiger partial charge in [-0.25, -0.2) is 13.2 Å². The molecule has 9 heteroatoms. The Morgan fingerprint density at radius 3 is 2.36 bits per heavy atom. The lowest BCUT2D eigenvalue weighted by molar-refractivity contribution is 0.0588. The third-order valence-corrected chi connectivity index (χ3v) is 3.93. The molecular weight excluding hydrogens is 312 g/mol. The highest BCUT2D eigenvalue weighted by molar-refractivity contribution is 7.90. The maximum absolute atomic E-state index is 11.9. The third-order valence-electron chi connectivity index (χ3n) is 2.80. The SMILES string of the molecule is COC(=O)c1nn(-c2ccc(S(C)(=O)=O)cc2)c(=O)cc1O. The first-order chi connectivity index (χ1) is 10.2. The second-order valence-corrected chi connectivity index (χ2v) is 6.40. The number of carbonyl (C=O) groups is 1. The summed E-state index contributed by atoms with van der Waals surface area (Å²) in [4.78, 5) is 23.4. The molecule has 1 aromatic heterocycles. The fourth-order valence-electron chi connectivity index (χ4n) is 1.71. The summed E-state index contributed by atoms with van der Waals surface area (Å²) in [6.07, 6.45) is 1.06. The van der Waals surface area contributed by atoms with Gasteiger partial charge in [0.2, 0.25) is 5.69 Å². The molecule has 0 radical (unpaired) electrons.